The average Bonchev–Trinajstić information content (AvgIpc) is 2.56. The van der Waals surface area contributed by atoms with Gasteiger partial charge in [-0.15, -0.1) is 0 Å². The smallest absolute Gasteiger partial charge is 0.123 e. The van der Waals surface area contributed by atoms with Gasteiger partial charge in [0.25, 0.3) is 0 Å². The summed E-state index contributed by atoms with van der Waals surface area (Å²) < 4.78 is 13.1. The molecule has 0 saturated carbocycles. The molecule has 0 saturated heterocycles. The number of carboxylic acid groups (broad SMARTS) is 1. The lowest BCUT2D eigenvalue weighted by Gasteiger charge is -2.13. The van der Waals surface area contributed by atoms with Crippen molar-refractivity contribution in [3.8, 4) is 0 Å². The van der Waals surface area contributed by atoms with Crippen molar-refractivity contribution in [1.29, 1.82) is 0 Å². The number of carbonyl (C=O) groups excluding carboxylic acids is 1. The van der Waals surface area contributed by atoms with Crippen molar-refractivity contribution in [1.82, 2.24) is 0 Å². The van der Waals surface area contributed by atoms with Crippen molar-refractivity contribution in [2.75, 3.05) is 0 Å². The van der Waals surface area contributed by atoms with E-state index >= 15 is 0 Å². The van der Waals surface area contributed by atoms with E-state index in [4.69, 9.17) is 5.73 Å². The van der Waals surface area contributed by atoms with Crippen molar-refractivity contribution in [2.24, 2.45) is 5.73 Å². The molecule has 0 bridgehead atoms. The topological polar surface area (TPSA) is 66.2 Å². The van der Waals surface area contributed by atoms with Crippen LogP contribution in [0.2, 0.25) is 0 Å². The summed E-state index contributed by atoms with van der Waals surface area (Å²) in [5.41, 5.74) is 9.29. The van der Waals surface area contributed by atoms with Gasteiger partial charge < -0.3 is 15.6 Å². The minimum Gasteiger partial charge on any atom is -0.548 e. The Hall–Kier alpha value is -2.46. The molecule has 3 nitrogen and oxygen atoms in total. The molecular weight excluding hydrogens is 293 g/mol. The number of hydrogen-bond acceptors (Lipinski definition) is 3. The second-order valence-corrected chi connectivity index (χ2v) is 5.34. The standard InChI is InChI=1S/C19H20FNO2/c1-2-13-3-5-14(6-4-13)17(11-12-18(21)19(22)23)15-7-9-16(20)10-8-15/h3-11,18H,2,12,21H2,1H3,(H,22,23)/p-1/b17-11-. The molecule has 120 valence electrons. The third-order valence-corrected chi connectivity index (χ3v) is 3.71. The van der Waals surface area contributed by atoms with Gasteiger partial charge in [-0.1, -0.05) is 49.4 Å². The fourth-order valence-corrected chi connectivity index (χ4v) is 2.29. The lowest BCUT2D eigenvalue weighted by molar-refractivity contribution is -0.307. The summed E-state index contributed by atoms with van der Waals surface area (Å²) >= 11 is 0. The lowest BCUT2D eigenvalue weighted by Crippen LogP contribution is -2.41. The average molecular weight is 312 g/mol. The van der Waals surface area contributed by atoms with Gasteiger partial charge in [-0.3, -0.25) is 0 Å². The zero-order valence-corrected chi connectivity index (χ0v) is 13.0. The van der Waals surface area contributed by atoms with Gasteiger partial charge in [0, 0.05) is 6.04 Å². The highest BCUT2D eigenvalue weighted by molar-refractivity contribution is 5.80. The molecule has 1 unspecified atom stereocenters. The number of benzene rings is 2. The van der Waals surface area contributed by atoms with Crippen LogP contribution < -0.4 is 10.8 Å². The Morgan fingerprint density at radius 3 is 2.13 bits per heavy atom. The first-order valence-corrected chi connectivity index (χ1v) is 7.53. The number of aryl methyl sites for hydroxylation is 1. The molecule has 0 aliphatic heterocycles. The Kier molecular flexibility index (Phi) is 5.66. The molecule has 4 heteroatoms. The predicted molar refractivity (Wildman–Crippen MR) is 86.9 cm³/mol. The summed E-state index contributed by atoms with van der Waals surface area (Å²) in [7, 11) is 0. The Morgan fingerprint density at radius 2 is 1.65 bits per heavy atom. The molecule has 0 radical (unpaired) electrons. The van der Waals surface area contributed by atoms with E-state index in [0.29, 0.717) is 0 Å². The minimum absolute atomic E-state index is 0.143. The predicted octanol–water partition coefficient (Wildman–Crippen LogP) is 2.29. The molecule has 0 aliphatic carbocycles. The van der Waals surface area contributed by atoms with Crippen LogP contribution in [0, 0.1) is 5.82 Å². The Bertz CT molecular complexity index is 690. The Morgan fingerprint density at radius 1 is 1.13 bits per heavy atom. The fourth-order valence-electron chi connectivity index (χ4n) is 2.29. The van der Waals surface area contributed by atoms with E-state index in [1.54, 1.807) is 18.2 Å². The molecule has 0 heterocycles. The largest absolute Gasteiger partial charge is 0.548 e. The zero-order chi connectivity index (χ0) is 16.8. The zero-order valence-electron chi connectivity index (χ0n) is 13.0. The van der Waals surface area contributed by atoms with Gasteiger partial charge in [0.05, 0.1) is 5.97 Å². The number of rotatable bonds is 6. The molecule has 0 spiro atoms. The van der Waals surface area contributed by atoms with Gasteiger partial charge >= 0.3 is 0 Å². The molecule has 2 aromatic rings. The maximum Gasteiger partial charge on any atom is 0.123 e. The van der Waals surface area contributed by atoms with E-state index in [2.05, 4.69) is 6.92 Å². The van der Waals surface area contributed by atoms with E-state index in [0.717, 1.165) is 23.1 Å². The van der Waals surface area contributed by atoms with Gasteiger partial charge in [0.1, 0.15) is 5.82 Å². The van der Waals surface area contributed by atoms with Crippen molar-refractivity contribution in [3.63, 3.8) is 0 Å². The van der Waals surface area contributed by atoms with Crippen LogP contribution in [0.25, 0.3) is 5.57 Å². The summed E-state index contributed by atoms with van der Waals surface area (Å²) in [4.78, 5) is 10.8. The molecule has 23 heavy (non-hydrogen) atoms. The number of hydrogen-bond donors (Lipinski definition) is 1. The van der Waals surface area contributed by atoms with Gasteiger partial charge in [-0.2, -0.15) is 0 Å². The first kappa shape index (κ1) is 16.9. The molecule has 2 rings (SSSR count). The van der Waals surface area contributed by atoms with E-state index < -0.39 is 12.0 Å². The second kappa shape index (κ2) is 7.70. The summed E-state index contributed by atoms with van der Waals surface area (Å²) in [5, 5.41) is 10.8. The molecule has 0 fully saturated rings. The monoisotopic (exact) mass is 312 g/mol. The highest BCUT2D eigenvalue weighted by Gasteiger charge is 2.08. The molecule has 0 aliphatic rings. The summed E-state index contributed by atoms with van der Waals surface area (Å²) in [6.07, 6.45) is 2.84. The van der Waals surface area contributed by atoms with Crippen LogP contribution in [0.15, 0.2) is 54.6 Å². The highest BCUT2D eigenvalue weighted by atomic mass is 19.1. The molecule has 0 amide bonds. The van der Waals surface area contributed by atoms with Crippen LogP contribution in [-0.2, 0) is 11.2 Å². The maximum absolute atomic E-state index is 13.1. The molecule has 2 aromatic carbocycles. The van der Waals surface area contributed by atoms with E-state index in [1.165, 1.54) is 17.7 Å². The lowest BCUT2D eigenvalue weighted by atomic mass is 9.95. The van der Waals surface area contributed by atoms with Gasteiger partial charge in [0.2, 0.25) is 0 Å². The highest BCUT2D eigenvalue weighted by Crippen LogP contribution is 2.25. The number of halogens is 1. The van der Waals surface area contributed by atoms with Crippen LogP contribution in [0.3, 0.4) is 0 Å². The first-order chi connectivity index (χ1) is 11.0. The normalized spacial score (nSPS) is 12.9. The van der Waals surface area contributed by atoms with Crippen molar-refractivity contribution in [3.05, 3.63) is 77.1 Å². The van der Waals surface area contributed by atoms with Gasteiger partial charge in [0.15, 0.2) is 0 Å². The molecular formula is C19H19FNO2-. The quantitative estimate of drug-likeness (QED) is 0.890. The van der Waals surface area contributed by atoms with Crippen LogP contribution in [0.5, 0.6) is 0 Å². The Labute approximate surface area is 135 Å². The molecule has 1 atom stereocenters. The second-order valence-electron chi connectivity index (χ2n) is 5.34. The minimum atomic E-state index is -1.29. The number of carboxylic acids is 1. The van der Waals surface area contributed by atoms with Crippen LogP contribution in [0.4, 0.5) is 4.39 Å². The van der Waals surface area contributed by atoms with Gasteiger partial charge in [-0.25, -0.2) is 4.39 Å². The van der Waals surface area contributed by atoms with E-state index in [1.807, 2.05) is 24.3 Å². The SMILES string of the molecule is CCc1ccc(/C(=C/CC(N)C(=O)[O-])c2ccc(F)cc2)cc1. The van der Waals surface area contributed by atoms with Crippen LogP contribution in [0.1, 0.15) is 30.0 Å². The van der Waals surface area contributed by atoms with E-state index in [9.17, 15) is 14.3 Å². The summed E-state index contributed by atoms with van der Waals surface area (Å²) in [6, 6.07) is 13.0. The van der Waals surface area contributed by atoms with Crippen molar-refractivity contribution in [2.45, 2.75) is 25.8 Å². The fraction of sp³-hybridized carbons (Fsp3) is 0.211. The number of aliphatic carboxylic acids is 1. The molecule has 0 aromatic heterocycles. The maximum atomic E-state index is 13.1. The van der Waals surface area contributed by atoms with E-state index in [-0.39, 0.29) is 12.2 Å². The summed E-state index contributed by atoms with van der Waals surface area (Å²) in [5.74, 6) is -1.61. The number of carbonyl (C=O) groups is 1. The van der Waals surface area contributed by atoms with Gasteiger partial charge in [-0.05, 0) is 47.2 Å². The summed E-state index contributed by atoms with van der Waals surface area (Å²) in [6.45, 7) is 2.07. The Balaban J connectivity index is 2.39. The van der Waals surface area contributed by atoms with Crippen LogP contribution >= 0.6 is 0 Å². The third-order valence-electron chi connectivity index (χ3n) is 3.71. The van der Waals surface area contributed by atoms with Crippen molar-refractivity contribution >= 4 is 11.5 Å². The first-order valence-electron chi connectivity index (χ1n) is 7.53. The molecule has 2 N–H and O–H groups in total. The van der Waals surface area contributed by atoms with Crippen LogP contribution in [-0.4, -0.2) is 12.0 Å². The van der Waals surface area contributed by atoms with Crippen molar-refractivity contribution < 1.29 is 14.3 Å². The third kappa shape index (κ3) is 4.50. The number of nitrogens with two attached hydrogens (primary N) is 1.